The van der Waals surface area contributed by atoms with E-state index in [1.807, 2.05) is 20.8 Å². The van der Waals surface area contributed by atoms with E-state index in [2.05, 4.69) is 20.8 Å². The molecule has 0 spiro atoms. The zero-order valence-corrected chi connectivity index (χ0v) is 22.5. The van der Waals surface area contributed by atoms with Crippen LogP contribution in [0.5, 0.6) is 0 Å². The maximum Gasteiger partial charge on any atom is 3.00 e. The molecule has 0 rings (SSSR count). The number of rotatable bonds is 15. The van der Waals surface area contributed by atoms with Gasteiger partial charge in [-0.15, -0.1) is 0 Å². The molecule has 0 aromatic heterocycles. The molecule has 0 amide bonds. The molecular formula is C24H45DyO6. The van der Waals surface area contributed by atoms with Crippen LogP contribution in [0.25, 0.3) is 0 Å². The van der Waals surface area contributed by atoms with E-state index in [-0.39, 0.29) is 55.9 Å². The van der Waals surface area contributed by atoms with Crippen molar-refractivity contribution < 1.29 is 67.9 Å². The van der Waals surface area contributed by atoms with Gasteiger partial charge < -0.3 is 29.7 Å². The number of hydrogen-bond donors (Lipinski definition) is 0. The third kappa shape index (κ3) is 25.8. The largest absolute Gasteiger partial charge is 3.00 e. The van der Waals surface area contributed by atoms with Crippen molar-refractivity contribution in [2.75, 3.05) is 0 Å². The Bertz CT molecular complexity index is 366. The van der Waals surface area contributed by atoms with Crippen molar-refractivity contribution in [3.05, 3.63) is 0 Å². The summed E-state index contributed by atoms with van der Waals surface area (Å²) in [6, 6.07) is 0. The number of unbranched alkanes of at least 4 members (excludes halogenated alkanes) is 3. The second-order valence-electron chi connectivity index (χ2n) is 7.70. The molecule has 6 nitrogen and oxygen atoms in total. The van der Waals surface area contributed by atoms with Crippen molar-refractivity contribution in [3.8, 4) is 0 Å². The molecule has 0 aromatic carbocycles. The molecule has 31 heavy (non-hydrogen) atoms. The Morgan fingerprint density at radius 3 is 0.806 bits per heavy atom. The first-order chi connectivity index (χ1) is 14.2. The second kappa shape index (κ2) is 27.7. The van der Waals surface area contributed by atoms with Crippen LogP contribution in [0.1, 0.15) is 119 Å². The summed E-state index contributed by atoms with van der Waals surface area (Å²) in [5.41, 5.74) is 0. The summed E-state index contributed by atoms with van der Waals surface area (Å²) >= 11 is 0. The van der Waals surface area contributed by atoms with Crippen molar-refractivity contribution in [1.82, 2.24) is 0 Å². The fraction of sp³-hybridized carbons (Fsp3) is 0.875. The molecule has 0 aliphatic carbocycles. The van der Waals surface area contributed by atoms with Gasteiger partial charge in [0.05, 0.1) is 0 Å². The second-order valence-corrected chi connectivity index (χ2v) is 7.70. The average molecular weight is 592 g/mol. The monoisotopic (exact) mass is 593 g/mol. The maximum absolute atomic E-state index is 10.3. The molecule has 0 saturated heterocycles. The Hall–Kier alpha value is -0.317. The van der Waals surface area contributed by atoms with E-state index < -0.39 is 17.9 Å². The van der Waals surface area contributed by atoms with Crippen molar-refractivity contribution in [3.63, 3.8) is 0 Å². The molecule has 3 atom stereocenters. The van der Waals surface area contributed by atoms with Crippen LogP contribution in [0, 0.1) is 55.9 Å². The van der Waals surface area contributed by atoms with Crippen LogP contribution in [-0.4, -0.2) is 17.9 Å². The smallest absolute Gasteiger partial charge is 0.550 e. The molecule has 187 valence electrons. The van der Waals surface area contributed by atoms with Gasteiger partial charge in [-0.25, -0.2) is 0 Å². The molecule has 0 bridgehead atoms. The van der Waals surface area contributed by atoms with Crippen LogP contribution < -0.4 is 15.3 Å². The summed E-state index contributed by atoms with van der Waals surface area (Å²) < 4.78 is 0. The van der Waals surface area contributed by atoms with E-state index in [0.29, 0.717) is 19.3 Å². The predicted molar refractivity (Wildman–Crippen MR) is 115 cm³/mol. The molecule has 3 unspecified atom stereocenters. The average Bonchev–Trinajstić information content (AvgIpc) is 2.70. The molecule has 0 N–H and O–H groups in total. The van der Waals surface area contributed by atoms with Gasteiger partial charge in [0.25, 0.3) is 0 Å². The van der Waals surface area contributed by atoms with Crippen LogP contribution in [0.3, 0.4) is 0 Å². The van der Waals surface area contributed by atoms with Gasteiger partial charge in [0.1, 0.15) is 0 Å². The Morgan fingerprint density at radius 2 is 0.710 bits per heavy atom. The van der Waals surface area contributed by atoms with E-state index >= 15 is 0 Å². The Labute approximate surface area is 221 Å². The standard InChI is InChI=1S/3C8H16O2.Dy/c3*1-3-5-6-7(4-2)8(9)10;/h3*7H,3-6H2,1-2H3,(H,9,10);/q;;;+3/p-3. The topological polar surface area (TPSA) is 120 Å². The molecule has 7 heteroatoms. The fourth-order valence-electron chi connectivity index (χ4n) is 2.82. The zero-order chi connectivity index (χ0) is 23.9. The summed E-state index contributed by atoms with van der Waals surface area (Å²) in [5.74, 6) is -3.34. The first-order valence-corrected chi connectivity index (χ1v) is 11.8. The predicted octanol–water partition coefficient (Wildman–Crippen LogP) is 2.86. The summed E-state index contributed by atoms with van der Waals surface area (Å²) in [5, 5.41) is 31.0. The first-order valence-electron chi connectivity index (χ1n) is 11.8. The van der Waals surface area contributed by atoms with Gasteiger partial charge in [-0.05, 0) is 56.3 Å². The minimum absolute atomic E-state index is 0. The number of carboxylic acids is 3. The molecule has 0 aliphatic rings. The van der Waals surface area contributed by atoms with Gasteiger partial charge in [-0.3, -0.25) is 0 Å². The van der Waals surface area contributed by atoms with Crippen molar-refractivity contribution >= 4 is 17.9 Å². The summed E-state index contributed by atoms with van der Waals surface area (Å²) in [7, 11) is 0. The van der Waals surface area contributed by atoms with Gasteiger partial charge in [0, 0.05) is 17.9 Å². The number of carbonyl (C=O) groups is 3. The normalized spacial score (nSPS) is 12.6. The van der Waals surface area contributed by atoms with Crippen molar-refractivity contribution in [1.29, 1.82) is 0 Å². The molecule has 0 aromatic rings. The van der Waals surface area contributed by atoms with Gasteiger partial charge in [0.2, 0.25) is 0 Å². The van der Waals surface area contributed by atoms with Crippen molar-refractivity contribution in [2.24, 2.45) is 17.8 Å². The van der Waals surface area contributed by atoms with Crippen LogP contribution in [0.2, 0.25) is 0 Å². The quantitative estimate of drug-likeness (QED) is 0.289. The molecule has 1 radical (unpaired) electrons. The summed E-state index contributed by atoms with van der Waals surface area (Å²) in [6.07, 6.45) is 10.6. The van der Waals surface area contributed by atoms with Crippen LogP contribution in [0.15, 0.2) is 0 Å². The fourth-order valence-corrected chi connectivity index (χ4v) is 2.82. The minimum Gasteiger partial charge on any atom is -0.550 e. The Kier molecular flexibility index (Phi) is 33.9. The Morgan fingerprint density at radius 1 is 0.516 bits per heavy atom. The van der Waals surface area contributed by atoms with E-state index in [1.165, 1.54) is 0 Å². The molecule has 0 aliphatic heterocycles. The number of carboxylic acid groups (broad SMARTS) is 3. The summed E-state index contributed by atoms with van der Waals surface area (Å²) in [6.45, 7) is 11.8. The minimum atomic E-state index is -0.893. The third-order valence-electron chi connectivity index (χ3n) is 5.20. The van der Waals surface area contributed by atoms with Crippen LogP contribution in [-0.2, 0) is 14.4 Å². The van der Waals surface area contributed by atoms with Gasteiger partial charge in [0.15, 0.2) is 0 Å². The number of carbonyl (C=O) groups excluding carboxylic acids is 3. The molecule has 0 fully saturated rings. The third-order valence-corrected chi connectivity index (χ3v) is 5.20. The number of aliphatic carboxylic acids is 3. The Balaban J connectivity index is -0.000000174. The van der Waals surface area contributed by atoms with E-state index in [0.717, 1.165) is 57.8 Å². The molecule has 0 heterocycles. The summed E-state index contributed by atoms with van der Waals surface area (Å²) in [4.78, 5) is 31.0. The van der Waals surface area contributed by atoms with Gasteiger partial charge in [-0.1, -0.05) is 80.1 Å². The van der Waals surface area contributed by atoms with Crippen LogP contribution in [0.4, 0.5) is 0 Å². The van der Waals surface area contributed by atoms with Crippen molar-refractivity contribution in [2.45, 2.75) is 119 Å². The SMILES string of the molecule is CCCCC(CC)C(=O)[O-].CCCCC(CC)C(=O)[O-].CCCCC(CC)C(=O)[O-].[Dy+3]. The van der Waals surface area contributed by atoms with Gasteiger partial charge >= 0.3 is 38.2 Å². The van der Waals surface area contributed by atoms with Crippen LogP contribution >= 0.6 is 0 Å². The molecule has 0 saturated carbocycles. The van der Waals surface area contributed by atoms with E-state index in [9.17, 15) is 29.7 Å². The van der Waals surface area contributed by atoms with E-state index in [1.54, 1.807) is 0 Å². The molecular weight excluding hydrogens is 547 g/mol. The van der Waals surface area contributed by atoms with E-state index in [4.69, 9.17) is 0 Å². The first kappa shape index (κ1) is 38.0. The zero-order valence-electron chi connectivity index (χ0n) is 20.5. The number of hydrogen-bond acceptors (Lipinski definition) is 6. The maximum atomic E-state index is 10.3. The van der Waals surface area contributed by atoms with Gasteiger partial charge in [-0.2, -0.15) is 0 Å².